The van der Waals surface area contributed by atoms with Crippen molar-refractivity contribution >= 4 is 29.4 Å². The van der Waals surface area contributed by atoms with Crippen LogP contribution >= 0.6 is 0 Å². The van der Waals surface area contributed by atoms with E-state index in [4.69, 9.17) is 20.3 Å². The van der Waals surface area contributed by atoms with Gasteiger partial charge in [-0.2, -0.15) is 15.0 Å². The third-order valence-corrected chi connectivity index (χ3v) is 5.41. The maximum absolute atomic E-state index is 12.4. The third kappa shape index (κ3) is 13.5. The van der Waals surface area contributed by atoms with E-state index in [9.17, 15) is 4.79 Å². The number of anilines is 4. The fourth-order valence-corrected chi connectivity index (χ4v) is 3.44. The van der Waals surface area contributed by atoms with E-state index < -0.39 is 0 Å². The molecule has 0 aliphatic rings. The summed E-state index contributed by atoms with van der Waals surface area (Å²) in [6, 6.07) is 7.02. The van der Waals surface area contributed by atoms with Gasteiger partial charge in [-0.05, 0) is 30.7 Å². The lowest BCUT2D eigenvalue weighted by molar-refractivity contribution is 0.0511. The summed E-state index contributed by atoms with van der Waals surface area (Å²) in [5.74, 6) is 0.999. The minimum Gasteiger partial charge on any atom is -0.395 e. The number of unbranched alkanes of at least 4 members (excludes halogenated alkanes) is 5. The maximum Gasteiger partial charge on any atom is 0.251 e. The molecule has 0 saturated heterocycles. The SMILES string of the molecule is CCCCCCCCNc1nc(NCCO)nc(Nc2ccc(C(=O)NCCOCCOCCN)cc2)n1. The van der Waals surface area contributed by atoms with E-state index in [0.29, 0.717) is 69.5 Å². The van der Waals surface area contributed by atoms with Crippen molar-refractivity contribution in [2.45, 2.75) is 45.4 Å². The van der Waals surface area contributed by atoms with Gasteiger partial charge < -0.3 is 41.6 Å². The van der Waals surface area contributed by atoms with Crippen molar-refractivity contribution < 1.29 is 19.4 Å². The van der Waals surface area contributed by atoms with Gasteiger partial charge in [0, 0.05) is 37.4 Å². The van der Waals surface area contributed by atoms with Gasteiger partial charge >= 0.3 is 0 Å². The summed E-state index contributed by atoms with van der Waals surface area (Å²) in [5.41, 5.74) is 6.61. The molecule has 0 fully saturated rings. The molecular formula is C26H44N8O4. The summed E-state index contributed by atoms with van der Waals surface area (Å²) < 4.78 is 10.6. The number of nitrogens with two attached hydrogens (primary N) is 1. The van der Waals surface area contributed by atoms with Crippen molar-refractivity contribution in [2.75, 3.05) is 75.2 Å². The molecule has 212 valence electrons. The molecule has 0 radical (unpaired) electrons. The Morgan fingerprint density at radius 2 is 1.45 bits per heavy atom. The van der Waals surface area contributed by atoms with Crippen LogP contribution < -0.4 is 27.0 Å². The van der Waals surface area contributed by atoms with Crippen LogP contribution in [0, 0.1) is 0 Å². The zero-order valence-corrected chi connectivity index (χ0v) is 22.5. The van der Waals surface area contributed by atoms with Crippen LogP contribution in [0.25, 0.3) is 0 Å². The van der Waals surface area contributed by atoms with Crippen molar-refractivity contribution in [3.63, 3.8) is 0 Å². The van der Waals surface area contributed by atoms with Crippen LogP contribution in [0.1, 0.15) is 55.8 Å². The number of ether oxygens (including phenoxy) is 2. The van der Waals surface area contributed by atoms with E-state index >= 15 is 0 Å². The minimum absolute atomic E-state index is 0.0339. The molecular weight excluding hydrogens is 488 g/mol. The highest BCUT2D eigenvalue weighted by atomic mass is 16.5. The molecule has 1 aromatic heterocycles. The molecule has 0 unspecified atom stereocenters. The molecule has 0 saturated carbocycles. The predicted molar refractivity (Wildman–Crippen MR) is 150 cm³/mol. The second-order valence-electron chi connectivity index (χ2n) is 8.62. The Balaban J connectivity index is 1.84. The van der Waals surface area contributed by atoms with Gasteiger partial charge in [0.25, 0.3) is 5.91 Å². The molecule has 0 bridgehead atoms. The van der Waals surface area contributed by atoms with E-state index in [-0.39, 0.29) is 12.5 Å². The zero-order chi connectivity index (χ0) is 27.3. The van der Waals surface area contributed by atoms with Gasteiger partial charge in [-0.15, -0.1) is 0 Å². The van der Waals surface area contributed by atoms with Gasteiger partial charge in [-0.3, -0.25) is 4.79 Å². The molecule has 1 amide bonds. The third-order valence-electron chi connectivity index (χ3n) is 5.41. The zero-order valence-electron chi connectivity index (χ0n) is 22.5. The van der Waals surface area contributed by atoms with Crippen molar-refractivity contribution in [3.8, 4) is 0 Å². The number of aromatic nitrogens is 3. The summed E-state index contributed by atoms with van der Waals surface area (Å²) in [6.07, 6.45) is 7.22. The maximum atomic E-state index is 12.4. The number of amides is 1. The van der Waals surface area contributed by atoms with Crippen molar-refractivity contribution in [2.24, 2.45) is 5.73 Å². The van der Waals surface area contributed by atoms with E-state index in [1.165, 1.54) is 25.7 Å². The van der Waals surface area contributed by atoms with Gasteiger partial charge in [0.1, 0.15) is 0 Å². The first-order valence-electron chi connectivity index (χ1n) is 13.5. The van der Waals surface area contributed by atoms with E-state index in [1.54, 1.807) is 24.3 Å². The Bertz CT molecular complexity index is 901. The Hall–Kier alpha value is -3.06. The molecule has 0 aliphatic heterocycles. The normalized spacial score (nSPS) is 10.8. The summed E-state index contributed by atoms with van der Waals surface area (Å²) in [5, 5.41) is 21.4. The molecule has 0 atom stereocenters. The average molecular weight is 533 g/mol. The Labute approximate surface area is 225 Å². The van der Waals surface area contributed by atoms with Crippen molar-refractivity contribution in [1.29, 1.82) is 0 Å². The number of carbonyl (C=O) groups is 1. The first-order chi connectivity index (χ1) is 18.7. The van der Waals surface area contributed by atoms with Gasteiger partial charge in [0.2, 0.25) is 17.8 Å². The second kappa shape index (κ2) is 20.0. The smallest absolute Gasteiger partial charge is 0.251 e. The largest absolute Gasteiger partial charge is 0.395 e. The number of hydrogen-bond donors (Lipinski definition) is 6. The van der Waals surface area contributed by atoms with Gasteiger partial charge in [0.15, 0.2) is 0 Å². The molecule has 0 spiro atoms. The lowest BCUT2D eigenvalue weighted by atomic mass is 10.1. The predicted octanol–water partition coefficient (Wildman–Crippen LogP) is 2.51. The highest BCUT2D eigenvalue weighted by Gasteiger charge is 2.09. The van der Waals surface area contributed by atoms with Crippen LogP contribution in [0.2, 0.25) is 0 Å². The number of benzene rings is 1. The molecule has 2 rings (SSSR count). The fraction of sp³-hybridized carbons (Fsp3) is 0.615. The second-order valence-corrected chi connectivity index (χ2v) is 8.62. The quantitative estimate of drug-likeness (QED) is 0.123. The van der Waals surface area contributed by atoms with E-state index in [1.807, 2.05) is 0 Å². The molecule has 0 aliphatic carbocycles. The summed E-state index contributed by atoms with van der Waals surface area (Å²) >= 11 is 0. The first kappa shape index (κ1) is 31.2. The average Bonchev–Trinajstić information content (AvgIpc) is 2.93. The number of carbonyl (C=O) groups excluding carboxylic acids is 1. The Morgan fingerprint density at radius 3 is 2.13 bits per heavy atom. The van der Waals surface area contributed by atoms with Crippen LogP contribution in [0.15, 0.2) is 24.3 Å². The van der Waals surface area contributed by atoms with Crippen LogP contribution in [-0.2, 0) is 9.47 Å². The standard InChI is InChI=1S/C26H44N8O4/c1-2-3-4-5-6-7-13-29-24-32-25(30-14-16-35)34-26(33-24)31-22-10-8-21(9-11-22)23(36)28-15-18-38-20-19-37-17-12-27/h8-11,35H,2-7,12-20,27H2,1H3,(H,28,36)(H3,29,30,31,32,33,34). The number of aliphatic hydroxyl groups is 1. The summed E-state index contributed by atoms with van der Waals surface area (Å²) in [4.78, 5) is 25.6. The van der Waals surface area contributed by atoms with Gasteiger partial charge in [0.05, 0.1) is 33.0 Å². The number of rotatable bonds is 22. The molecule has 1 heterocycles. The van der Waals surface area contributed by atoms with Gasteiger partial charge in [-0.1, -0.05) is 39.0 Å². The van der Waals surface area contributed by atoms with Crippen molar-refractivity contribution in [3.05, 3.63) is 29.8 Å². The fourth-order valence-electron chi connectivity index (χ4n) is 3.44. The highest BCUT2D eigenvalue weighted by molar-refractivity contribution is 5.94. The lowest BCUT2D eigenvalue weighted by Gasteiger charge is -2.11. The van der Waals surface area contributed by atoms with E-state index in [0.717, 1.165) is 25.1 Å². The number of aliphatic hydroxyl groups excluding tert-OH is 1. The van der Waals surface area contributed by atoms with Crippen LogP contribution in [0.5, 0.6) is 0 Å². The van der Waals surface area contributed by atoms with Crippen LogP contribution in [0.3, 0.4) is 0 Å². The molecule has 38 heavy (non-hydrogen) atoms. The van der Waals surface area contributed by atoms with Gasteiger partial charge in [-0.25, -0.2) is 0 Å². The molecule has 7 N–H and O–H groups in total. The van der Waals surface area contributed by atoms with Crippen LogP contribution in [-0.4, -0.2) is 85.2 Å². The molecule has 12 nitrogen and oxygen atoms in total. The number of hydrogen-bond acceptors (Lipinski definition) is 11. The number of nitrogens with zero attached hydrogens (tertiary/aromatic N) is 3. The topological polar surface area (TPSA) is 169 Å². The lowest BCUT2D eigenvalue weighted by Crippen LogP contribution is -2.27. The molecule has 12 heteroatoms. The Kier molecular flexibility index (Phi) is 16.4. The molecule has 1 aromatic carbocycles. The highest BCUT2D eigenvalue weighted by Crippen LogP contribution is 2.17. The summed E-state index contributed by atoms with van der Waals surface area (Å²) in [6.45, 7) is 6.02. The van der Waals surface area contributed by atoms with Crippen molar-refractivity contribution in [1.82, 2.24) is 20.3 Å². The first-order valence-corrected chi connectivity index (χ1v) is 13.5. The summed E-state index contributed by atoms with van der Waals surface area (Å²) in [7, 11) is 0. The monoisotopic (exact) mass is 532 g/mol. The Morgan fingerprint density at radius 1 is 0.816 bits per heavy atom. The van der Waals surface area contributed by atoms with E-state index in [2.05, 4.69) is 43.1 Å². The molecule has 2 aromatic rings. The minimum atomic E-state index is -0.184. The number of nitrogens with one attached hydrogen (secondary N) is 4. The van der Waals surface area contributed by atoms with Crippen LogP contribution in [0.4, 0.5) is 23.5 Å².